The van der Waals surface area contributed by atoms with Crippen LogP contribution < -0.4 is 0 Å². The Morgan fingerprint density at radius 3 is 2.88 bits per heavy atom. The van der Waals surface area contributed by atoms with Crippen molar-refractivity contribution in [2.45, 2.75) is 26.7 Å². The van der Waals surface area contributed by atoms with Gasteiger partial charge in [-0.15, -0.1) is 6.42 Å². The number of rotatable bonds is 1. The SMILES string of the molecule is C#C/C=N\C1=C(C)CCc2c(C)cccc21. The van der Waals surface area contributed by atoms with Crippen molar-refractivity contribution >= 4 is 11.9 Å². The average molecular weight is 209 g/mol. The first-order chi connectivity index (χ1) is 7.74. The monoisotopic (exact) mass is 209 g/mol. The summed E-state index contributed by atoms with van der Waals surface area (Å²) in [7, 11) is 0. The Labute approximate surface area is 96.9 Å². The zero-order chi connectivity index (χ0) is 11.5. The van der Waals surface area contributed by atoms with Crippen molar-refractivity contribution in [3.8, 4) is 12.3 Å². The van der Waals surface area contributed by atoms with E-state index >= 15 is 0 Å². The molecule has 0 fully saturated rings. The van der Waals surface area contributed by atoms with E-state index in [1.807, 2.05) is 0 Å². The number of benzene rings is 1. The maximum Gasteiger partial charge on any atom is 0.0771 e. The minimum Gasteiger partial charge on any atom is -0.247 e. The third kappa shape index (κ3) is 1.79. The van der Waals surface area contributed by atoms with Gasteiger partial charge in [0.15, 0.2) is 0 Å². The number of terminal acetylenes is 1. The molecule has 2 rings (SSSR count). The van der Waals surface area contributed by atoms with E-state index < -0.39 is 0 Å². The van der Waals surface area contributed by atoms with E-state index in [2.05, 4.69) is 43.0 Å². The maximum absolute atomic E-state index is 5.22. The topological polar surface area (TPSA) is 12.4 Å². The van der Waals surface area contributed by atoms with E-state index in [0.717, 1.165) is 18.5 Å². The van der Waals surface area contributed by atoms with Crippen molar-refractivity contribution in [3.63, 3.8) is 0 Å². The smallest absolute Gasteiger partial charge is 0.0771 e. The van der Waals surface area contributed by atoms with Crippen LogP contribution in [0.3, 0.4) is 0 Å². The predicted octanol–water partition coefficient (Wildman–Crippen LogP) is 3.38. The number of hydrogen-bond acceptors (Lipinski definition) is 1. The maximum atomic E-state index is 5.22. The number of aryl methyl sites for hydroxylation is 1. The second kappa shape index (κ2) is 4.37. The van der Waals surface area contributed by atoms with Crippen molar-refractivity contribution in [1.82, 2.24) is 0 Å². The van der Waals surface area contributed by atoms with Gasteiger partial charge in [-0.1, -0.05) is 24.1 Å². The highest BCUT2D eigenvalue weighted by atomic mass is 14.7. The van der Waals surface area contributed by atoms with Gasteiger partial charge in [-0.05, 0) is 43.4 Å². The highest BCUT2D eigenvalue weighted by Crippen LogP contribution is 2.33. The van der Waals surface area contributed by atoms with Gasteiger partial charge in [-0.25, -0.2) is 4.99 Å². The van der Waals surface area contributed by atoms with Crippen LogP contribution in [-0.2, 0) is 6.42 Å². The molecule has 1 aliphatic carbocycles. The summed E-state index contributed by atoms with van der Waals surface area (Å²) >= 11 is 0. The zero-order valence-electron chi connectivity index (χ0n) is 9.75. The lowest BCUT2D eigenvalue weighted by molar-refractivity contribution is 0.904. The molecule has 0 heterocycles. The lowest BCUT2D eigenvalue weighted by Gasteiger charge is -2.20. The lowest BCUT2D eigenvalue weighted by Crippen LogP contribution is -2.04. The van der Waals surface area contributed by atoms with Crippen LogP contribution in [0.5, 0.6) is 0 Å². The molecule has 16 heavy (non-hydrogen) atoms. The summed E-state index contributed by atoms with van der Waals surface area (Å²) in [6, 6.07) is 6.37. The van der Waals surface area contributed by atoms with Gasteiger partial charge in [0, 0.05) is 5.56 Å². The second-order valence-corrected chi connectivity index (χ2v) is 4.15. The molecule has 0 unspecified atom stereocenters. The summed E-state index contributed by atoms with van der Waals surface area (Å²) < 4.78 is 0. The van der Waals surface area contributed by atoms with E-state index in [0.29, 0.717) is 0 Å². The van der Waals surface area contributed by atoms with Crippen LogP contribution in [-0.4, -0.2) is 6.21 Å². The molecule has 0 amide bonds. The van der Waals surface area contributed by atoms with E-state index in [-0.39, 0.29) is 0 Å². The Morgan fingerprint density at radius 2 is 2.12 bits per heavy atom. The first kappa shape index (κ1) is 10.7. The molecule has 1 aromatic rings. The molecule has 0 N–H and O–H groups in total. The third-order valence-electron chi connectivity index (χ3n) is 3.09. The highest BCUT2D eigenvalue weighted by molar-refractivity contribution is 5.85. The quantitative estimate of drug-likeness (QED) is 0.496. The fourth-order valence-electron chi connectivity index (χ4n) is 2.20. The van der Waals surface area contributed by atoms with E-state index in [4.69, 9.17) is 6.42 Å². The Bertz CT molecular complexity index is 513. The van der Waals surface area contributed by atoms with Gasteiger partial charge in [0.1, 0.15) is 0 Å². The van der Waals surface area contributed by atoms with Gasteiger partial charge in [0.25, 0.3) is 0 Å². The van der Waals surface area contributed by atoms with Gasteiger partial charge < -0.3 is 0 Å². The van der Waals surface area contributed by atoms with Crippen LogP contribution in [0.2, 0.25) is 0 Å². The molecule has 0 saturated heterocycles. The average Bonchev–Trinajstić information content (AvgIpc) is 2.28. The fraction of sp³-hybridized carbons (Fsp3) is 0.267. The summed E-state index contributed by atoms with van der Waals surface area (Å²) in [5, 5.41) is 0. The summed E-state index contributed by atoms with van der Waals surface area (Å²) in [5.41, 5.74) is 6.39. The van der Waals surface area contributed by atoms with Crippen LogP contribution >= 0.6 is 0 Å². The van der Waals surface area contributed by atoms with Crippen molar-refractivity contribution < 1.29 is 0 Å². The first-order valence-corrected chi connectivity index (χ1v) is 5.51. The number of hydrogen-bond donors (Lipinski definition) is 0. The second-order valence-electron chi connectivity index (χ2n) is 4.15. The largest absolute Gasteiger partial charge is 0.247 e. The minimum atomic E-state index is 1.06. The van der Waals surface area contributed by atoms with Crippen LogP contribution in [0.1, 0.15) is 30.0 Å². The minimum absolute atomic E-state index is 1.06. The molecule has 0 atom stereocenters. The van der Waals surface area contributed by atoms with Crippen LogP contribution in [0.15, 0.2) is 28.8 Å². The molecule has 0 radical (unpaired) electrons. The highest BCUT2D eigenvalue weighted by Gasteiger charge is 2.16. The molecule has 1 heteroatoms. The van der Waals surface area contributed by atoms with Gasteiger partial charge in [-0.3, -0.25) is 0 Å². The normalized spacial score (nSPS) is 15.1. The molecule has 0 aliphatic heterocycles. The number of nitrogens with zero attached hydrogens (tertiary/aromatic N) is 1. The third-order valence-corrected chi connectivity index (χ3v) is 3.09. The van der Waals surface area contributed by atoms with Crippen LogP contribution in [0.25, 0.3) is 5.70 Å². The van der Waals surface area contributed by atoms with Crippen molar-refractivity contribution in [3.05, 3.63) is 40.5 Å². The molecule has 0 saturated carbocycles. The van der Waals surface area contributed by atoms with Crippen LogP contribution in [0, 0.1) is 19.3 Å². The molecule has 0 aromatic heterocycles. The summed E-state index contributed by atoms with van der Waals surface area (Å²) in [6.07, 6.45) is 8.95. The molecular weight excluding hydrogens is 194 g/mol. The molecule has 0 spiro atoms. The summed E-state index contributed by atoms with van der Waals surface area (Å²) in [6.45, 7) is 4.29. The number of aliphatic imine (C=N–C) groups is 1. The lowest BCUT2D eigenvalue weighted by atomic mass is 9.87. The van der Waals surface area contributed by atoms with Crippen molar-refractivity contribution in [2.75, 3.05) is 0 Å². The summed E-state index contributed by atoms with van der Waals surface area (Å²) in [5.74, 6) is 2.46. The fourth-order valence-corrected chi connectivity index (χ4v) is 2.20. The molecule has 1 aliphatic rings. The van der Waals surface area contributed by atoms with Crippen LogP contribution in [0.4, 0.5) is 0 Å². The van der Waals surface area contributed by atoms with Gasteiger partial charge >= 0.3 is 0 Å². The number of fused-ring (bicyclic) bond motifs is 1. The van der Waals surface area contributed by atoms with Crippen molar-refractivity contribution in [1.29, 1.82) is 0 Å². The van der Waals surface area contributed by atoms with Gasteiger partial charge in [0.2, 0.25) is 0 Å². The molecular formula is C15H15N. The van der Waals surface area contributed by atoms with E-state index in [1.165, 1.54) is 28.5 Å². The standard InChI is InChI=1S/C15H15N/c1-4-10-16-15-12(3)8-9-13-11(2)6-5-7-14(13)15/h1,5-7,10H,8-9H2,2-3H3/b16-10-. The Hall–Kier alpha value is -1.81. The molecule has 1 aromatic carbocycles. The molecule has 80 valence electrons. The predicted molar refractivity (Wildman–Crippen MR) is 69.4 cm³/mol. The van der Waals surface area contributed by atoms with E-state index in [1.54, 1.807) is 0 Å². The Kier molecular flexibility index (Phi) is 2.92. The van der Waals surface area contributed by atoms with Gasteiger partial charge in [-0.2, -0.15) is 0 Å². The van der Waals surface area contributed by atoms with E-state index in [9.17, 15) is 0 Å². The molecule has 1 nitrogen and oxygen atoms in total. The zero-order valence-corrected chi connectivity index (χ0v) is 9.75. The molecule has 0 bridgehead atoms. The summed E-state index contributed by atoms with van der Waals surface area (Å²) in [4.78, 5) is 4.38. The number of allylic oxidation sites excluding steroid dienone is 1. The van der Waals surface area contributed by atoms with Crippen molar-refractivity contribution in [2.24, 2.45) is 4.99 Å². The Balaban J connectivity index is 2.57. The van der Waals surface area contributed by atoms with Gasteiger partial charge in [0.05, 0.1) is 11.9 Å². The Morgan fingerprint density at radius 1 is 1.31 bits per heavy atom. The first-order valence-electron chi connectivity index (χ1n) is 5.51.